The van der Waals surface area contributed by atoms with Crippen molar-refractivity contribution in [2.45, 2.75) is 57.4 Å². The number of hydrogen-bond donors (Lipinski definition) is 3. The molecular formula is C27H30N6O8S2. The number of fused-ring (bicyclic) bond motifs is 1. The number of ether oxygens (including phenoxy) is 3. The van der Waals surface area contributed by atoms with Crippen molar-refractivity contribution in [2.24, 2.45) is 5.16 Å². The number of carbonyl (C=O) groups excluding carboxylic acids is 4. The van der Waals surface area contributed by atoms with Crippen molar-refractivity contribution in [1.82, 2.24) is 20.2 Å². The predicted octanol–water partition coefficient (Wildman–Crippen LogP) is 2.90. The molecule has 2 aromatic heterocycles. The second-order valence-electron chi connectivity index (χ2n) is 9.27. The van der Waals surface area contributed by atoms with Crippen LogP contribution in [0, 0.1) is 0 Å². The Morgan fingerprint density at radius 1 is 1.26 bits per heavy atom. The van der Waals surface area contributed by atoms with Gasteiger partial charge in [0.2, 0.25) is 6.29 Å². The van der Waals surface area contributed by atoms with Crippen LogP contribution in [0.25, 0.3) is 6.08 Å². The number of carbonyl (C=O) groups is 4. The number of nitrogens with zero attached hydrogens (tertiary/aromatic N) is 4. The summed E-state index contributed by atoms with van der Waals surface area (Å²) in [6.45, 7) is 5.08. The molecule has 0 aliphatic carbocycles. The van der Waals surface area contributed by atoms with Gasteiger partial charge in [0.25, 0.3) is 11.8 Å². The third kappa shape index (κ3) is 7.32. The summed E-state index contributed by atoms with van der Waals surface area (Å²) in [6, 6.07) is 2.53. The lowest BCUT2D eigenvalue weighted by molar-refractivity contribution is -0.169. The Balaban J connectivity index is 1.53. The number of hydrogen-bond acceptors (Lipinski definition) is 14. The van der Waals surface area contributed by atoms with Gasteiger partial charge in [-0.2, -0.15) is 0 Å². The average Bonchev–Trinajstić information content (AvgIpc) is 3.43. The highest BCUT2D eigenvalue weighted by atomic mass is 32.2. The Morgan fingerprint density at radius 2 is 2.02 bits per heavy atom. The molecule has 0 unspecified atom stereocenters. The number of β-lactam (4-membered cyclic amide) rings is 1. The zero-order valence-corrected chi connectivity index (χ0v) is 25.1. The van der Waals surface area contributed by atoms with Crippen LogP contribution in [0.15, 0.2) is 52.4 Å². The molecule has 0 spiro atoms. The molecule has 4 heterocycles. The topological polar surface area (TPSA) is 196 Å². The Kier molecular flexibility index (Phi) is 10.4. The van der Waals surface area contributed by atoms with Crippen LogP contribution in [-0.4, -0.2) is 79.3 Å². The molecule has 3 atom stereocenters. The first-order valence-electron chi connectivity index (χ1n) is 13.2. The van der Waals surface area contributed by atoms with E-state index < -0.39 is 47.4 Å². The van der Waals surface area contributed by atoms with Gasteiger partial charge in [-0.25, -0.2) is 14.6 Å². The van der Waals surface area contributed by atoms with Crippen molar-refractivity contribution in [1.29, 1.82) is 0 Å². The molecule has 43 heavy (non-hydrogen) atoms. The third-order valence-electron chi connectivity index (χ3n) is 6.43. The maximum absolute atomic E-state index is 13.4. The highest BCUT2D eigenvalue weighted by Gasteiger charge is 2.54. The summed E-state index contributed by atoms with van der Waals surface area (Å²) >= 11 is 2.36. The van der Waals surface area contributed by atoms with Crippen molar-refractivity contribution in [3.8, 4) is 0 Å². The molecule has 4 N–H and O–H groups in total. The number of aromatic nitrogens is 2. The van der Waals surface area contributed by atoms with Gasteiger partial charge in [-0.05, 0) is 30.0 Å². The molecule has 4 rings (SSSR count). The van der Waals surface area contributed by atoms with E-state index in [-0.39, 0.29) is 28.4 Å². The Labute approximate surface area is 255 Å². The highest BCUT2D eigenvalue weighted by molar-refractivity contribution is 8.00. The SMILES string of the molecule is CCC(CC)OC(=O)O[C@H](C)OC(=O)C1=C(/C=C\c2cccnc2)CS[C@H]2[C@H](NC(=O)C(=NO)c3csc(N)n3)C(=O)N12. The van der Waals surface area contributed by atoms with Crippen LogP contribution < -0.4 is 11.1 Å². The van der Waals surface area contributed by atoms with Gasteiger partial charge in [0.1, 0.15) is 28.9 Å². The van der Waals surface area contributed by atoms with Crippen LogP contribution in [0.4, 0.5) is 9.93 Å². The molecule has 14 nitrogen and oxygen atoms in total. The molecular weight excluding hydrogens is 600 g/mol. The summed E-state index contributed by atoms with van der Waals surface area (Å²) in [7, 11) is 0. The monoisotopic (exact) mass is 630 g/mol. The Bertz CT molecular complexity index is 1460. The number of esters is 1. The number of pyridine rings is 1. The highest BCUT2D eigenvalue weighted by Crippen LogP contribution is 2.41. The number of oxime groups is 1. The summed E-state index contributed by atoms with van der Waals surface area (Å²) in [5.74, 6) is -2.08. The number of thiazole rings is 1. The van der Waals surface area contributed by atoms with Crippen LogP contribution in [0.2, 0.25) is 0 Å². The van der Waals surface area contributed by atoms with E-state index in [0.29, 0.717) is 18.4 Å². The van der Waals surface area contributed by atoms with Crippen molar-refractivity contribution in [3.05, 3.63) is 58.5 Å². The number of nitrogens with two attached hydrogens (primary N) is 1. The smallest absolute Gasteiger partial charge is 0.431 e. The minimum Gasteiger partial charge on any atom is -0.431 e. The lowest BCUT2D eigenvalue weighted by Gasteiger charge is -2.49. The van der Waals surface area contributed by atoms with Gasteiger partial charge in [0, 0.05) is 30.5 Å². The molecule has 2 aromatic rings. The van der Waals surface area contributed by atoms with E-state index in [0.717, 1.165) is 16.9 Å². The van der Waals surface area contributed by atoms with E-state index in [1.807, 2.05) is 19.9 Å². The molecule has 0 bridgehead atoms. The van der Waals surface area contributed by atoms with Crippen molar-refractivity contribution < 1.29 is 38.6 Å². The standard InChI is InChI=1S/C27H30N6O8S2/c1-4-17(5-2)41-27(37)40-14(3)39-25(36)21-16(9-8-15-7-6-10-29-11-15)12-42-24-20(23(35)33(21)24)31-22(34)19(32-38)18-13-43-26(28)30-18/h6-11,13-14,17,20,24,38H,4-5,12H2,1-3H3,(H2,28,30)(H,31,34)/b9-8-,32-19?/t14-,20-,24+/m1/s1. The average molecular weight is 631 g/mol. The number of rotatable bonds is 11. The summed E-state index contributed by atoms with van der Waals surface area (Å²) in [4.78, 5) is 61.0. The molecule has 0 saturated carbocycles. The largest absolute Gasteiger partial charge is 0.511 e. The molecule has 2 aliphatic heterocycles. The summed E-state index contributed by atoms with van der Waals surface area (Å²) < 4.78 is 15.7. The third-order valence-corrected chi connectivity index (χ3v) is 8.40. The first-order valence-corrected chi connectivity index (χ1v) is 15.2. The molecule has 1 saturated heterocycles. The van der Waals surface area contributed by atoms with Crippen molar-refractivity contribution in [3.63, 3.8) is 0 Å². The Morgan fingerprint density at radius 3 is 2.65 bits per heavy atom. The van der Waals surface area contributed by atoms with Gasteiger partial charge in [0.15, 0.2) is 10.8 Å². The summed E-state index contributed by atoms with van der Waals surface area (Å²) in [6.07, 6.45) is 5.21. The zero-order valence-electron chi connectivity index (χ0n) is 23.5. The number of amides is 2. The Hall–Kier alpha value is -4.44. The first-order chi connectivity index (χ1) is 20.7. The second kappa shape index (κ2) is 14.2. The van der Waals surface area contributed by atoms with Crippen LogP contribution >= 0.6 is 23.1 Å². The fourth-order valence-corrected chi connectivity index (χ4v) is 6.10. The molecule has 0 aromatic carbocycles. The van der Waals surface area contributed by atoms with Crippen molar-refractivity contribution >= 4 is 64.0 Å². The quantitative estimate of drug-likeness (QED) is 0.0821. The molecule has 0 radical (unpaired) electrons. The maximum atomic E-state index is 13.4. The minimum atomic E-state index is -1.32. The summed E-state index contributed by atoms with van der Waals surface area (Å²) in [5.41, 5.74) is 6.41. The van der Waals surface area contributed by atoms with Crippen LogP contribution in [-0.2, 0) is 28.6 Å². The molecule has 228 valence electrons. The number of nitrogen functional groups attached to an aromatic ring is 1. The number of anilines is 1. The molecule has 1 fully saturated rings. The predicted molar refractivity (Wildman–Crippen MR) is 158 cm³/mol. The lowest BCUT2D eigenvalue weighted by Crippen LogP contribution is -2.71. The van der Waals surface area contributed by atoms with Gasteiger partial charge in [-0.15, -0.1) is 23.1 Å². The van der Waals surface area contributed by atoms with E-state index in [2.05, 4.69) is 20.4 Å². The van der Waals surface area contributed by atoms with Crippen molar-refractivity contribution in [2.75, 3.05) is 11.5 Å². The van der Waals surface area contributed by atoms with Crippen LogP contribution in [0.1, 0.15) is 44.9 Å². The fourth-order valence-electron chi connectivity index (χ4n) is 4.24. The number of thioether (sulfide) groups is 1. The molecule has 2 amide bonds. The fraction of sp³-hybridized carbons (Fsp3) is 0.370. The van der Waals surface area contributed by atoms with E-state index in [1.54, 1.807) is 30.6 Å². The van der Waals surface area contributed by atoms with Crippen LogP contribution in [0.3, 0.4) is 0 Å². The number of nitrogens with one attached hydrogen (secondary N) is 1. The van der Waals surface area contributed by atoms with E-state index >= 15 is 0 Å². The van der Waals surface area contributed by atoms with Gasteiger partial charge in [-0.3, -0.25) is 19.5 Å². The van der Waals surface area contributed by atoms with Crippen LogP contribution in [0.5, 0.6) is 0 Å². The zero-order chi connectivity index (χ0) is 31.1. The molecule has 16 heteroatoms. The normalized spacial score (nSPS) is 19.1. The van der Waals surface area contributed by atoms with E-state index in [1.165, 1.54) is 29.0 Å². The lowest BCUT2D eigenvalue weighted by atomic mass is 10.0. The van der Waals surface area contributed by atoms with Gasteiger partial charge in [-0.1, -0.05) is 37.2 Å². The summed E-state index contributed by atoms with van der Waals surface area (Å²) in [5, 5.41) is 15.9. The molecule has 2 aliphatic rings. The van der Waals surface area contributed by atoms with E-state index in [9.17, 15) is 24.4 Å². The number of allylic oxidation sites excluding steroid dienone is 1. The second-order valence-corrected chi connectivity index (χ2v) is 11.3. The van der Waals surface area contributed by atoms with Gasteiger partial charge >= 0.3 is 12.1 Å². The maximum Gasteiger partial charge on any atom is 0.511 e. The van der Waals surface area contributed by atoms with Gasteiger partial charge in [0.05, 0.1) is 0 Å². The van der Waals surface area contributed by atoms with Gasteiger partial charge < -0.3 is 30.5 Å². The first kappa shape index (κ1) is 31.5. The minimum absolute atomic E-state index is 0.0473. The van der Waals surface area contributed by atoms with E-state index in [4.69, 9.17) is 19.9 Å².